The number of fused-ring (bicyclic) bond motifs is 2. The highest BCUT2D eigenvalue weighted by molar-refractivity contribution is 7.89. The quantitative estimate of drug-likeness (QED) is 0.734. The van der Waals surface area contributed by atoms with E-state index in [1.54, 1.807) is 7.11 Å². The lowest BCUT2D eigenvalue weighted by Gasteiger charge is -2.23. The fourth-order valence-electron chi connectivity index (χ4n) is 4.72. The van der Waals surface area contributed by atoms with Crippen LogP contribution in [0.2, 0.25) is 0 Å². The average Bonchev–Trinajstić information content (AvgIpc) is 2.76. The van der Waals surface area contributed by atoms with Crippen molar-refractivity contribution in [3.8, 4) is 5.75 Å². The standard InChI is InChI=1S/C24H31NO3S/c1-3-22(21-13-12-17-8-4-5-9-18(17)14-21)25-29(26,27)24-16-20-11-7-6-10-19(20)15-23(24)28-2/h12-16,22,25H,3-11H2,1-2H3/t22-/m0/s1. The molecule has 4 nitrogen and oxygen atoms in total. The molecule has 0 aromatic heterocycles. The summed E-state index contributed by atoms with van der Waals surface area (Å²) in [7, 11) is -2.15. The molecule has 2 aromatic rings. The molecule has 0 saturated heterocycles. The molecule has 0 unspecified atom stereocenters. The zero-order valence-electron chi connectivity index (χ0n) is 17.5. The molecule has 2 aliphatic rings. The first-order valence-electron chi connectivity index (χ1n) is 10.9. The molecular formula is C24H31NO3S. The summed E-state index contributed by atoms with van der Waals surface area (Å²) in [4.78, 5) is 0.261. The summed E-state index contributed by atoms with van der Waals surface area (Å²) in [6, 6.07) is 9.98. The molecule has 2 aromatic carbocycles. The number of nitrogens with one attached hydrogen (secondary N) is 1. The first-order chi connectivity index (χ1) is 14.0. The van der Waals surface area contributed by atoms with Gasteiger partial charge in [-0.1, -0.05) is 25.1 Å². The van der Waals surface area contributed by atoms with Crippen LogP contribution in [0.4, 0.5) is 0 Å². The second-order valence-corrected chi connectivity index (χ2v) is 9.98. The summed E-state index contributed by atoms with van der Waals surface area (Å²) in [6.07, 6.45) is 9.56. The van der Waals surface area contributed by atoms with Gasteiger partial charge in [-0.05, 0) is 97.7 Å². The topological polar surface area (TPSA) is 55.4 Å². The van der Waals surface area contributed by atoms with Crippen LogP contribution in [0.5, 0.6) is 5.75 Å². The second kappa shape index (κ2) is 8.49. The Labute approximate surface area is 174 Å². The molecule has 0 bridgehead atoms. The Hall–Kier alpha value is -1.85. The monoisotopic (exact) mass is 413 g/mol. The highest BCUT2D eigenvalue weighted by Gasteiger charge is 2.26. The zero-order valence-corrected chi connectivity index (χ0v) is 18.3. The lowest BCUT2D eigenvalue weighted by Crippen LogP contribution is -2.29. The highest BCUT2D eigenvalue weighted by atomic mass is 32.2. The van der Waals surface area contributed by atoms with Crippen LogP contribution < -0.4 is 9.46 Å². The third-order valence-corrected chi connectivity index (χ3v) is 7.89. The van der Waals surface area contributed by atoms with E-state index in [0.29, 0.717) is 12.2 Å². The summed E-state index contributed by atoms with van der Waals surface area (Å²) in [6.45, 7) is 2.02. The lowest BCUT2D eigenvalue weighted by atomic mass is 9.89. The molecule has 0 saturated carbocycles. The number of methoxy groups -OCH3 is 1. The van der Waals surface area contributed by atoms with Crippen molar-refractivity contribution < 1.29 is 13.2 Å². The molecule has 156 valence electrons. The minimum absolute atomic E-state index is 0.243. The van der Waals surface area contributed by atoms with Crippen molar-refractivity contribution in [2.24, 2.45) is 0 Å². The van der Waals surface area contributed by atoms with Crippen LogP contribution in [-0.4, -0.2) is 15.5 Å². The van der Waals surface area contributed by atoms with Crippen LogP contribution in [0, 0.1) is 0 Å². The van der Waals surface area contributed by atoms with Gasteiger partial charge < -0.3 is 4.74 Å². The molecule has 0 heterocycles. The van der Waals surface area contributed by atoms with Crippen molar-refractivity contribution in [2.75, 3.05) is 7.11 Å². The number of benzene rings is 2. The predicted molar refractivity (Wildman–Crippen MR) is 116 cm³/mol. The Morgan fingerprint density at radius 2 is 1.48 bits per heavy atom. The van der Waals surface area contributed by atoms with Crippen LogP contribution in [0.25, 0.3) is 0 Å². The Morgan fingerprint density at radius 3 is 2.10 bits per heavy atom. The molecule has 1 atom stereocenters. The summed E-state index contributed by atoms with van der Waals surface area (Å²) in [5.74, 6) is 0.443. The molecule has 5 heteroatoms. The van der Waals surface area contributed by atoms with Gasteiger partial charge in [-0.15, -0.1) is 0 Å². The molecule has 2 aliphatic carbocycles. The smallest absolute Gasteiger partial charge is 0.244 e. The molecule has 0 radical (unpaired) electrons. The molecule has 0 spiro atoms. The van der Waals surface area contributed by atoms with Gasteiger partial charge in [-0.2, -0.15) is 0 Å². The van der Waals surface area contributed by atoms with Gasteiger partial charge in [0, 0.05) is 6.04 Å². The maximum Gasteiger partial charge on any atom is 0.244 e. The Kier molecular flexibility index (Phi) is 5.98. The Balaban J connectivity index is 1.65. The minimum atomic E-state index is -3.69. The molecule has 0 amide bonds. The van der Waals surface area contributed by atoms with Crippen molar-refractivity contribution in [3.05, 3.63) is 58.1 Å². The van der Waals surface area contributed by atoms with Gasteiger partial charge in [0.25, 0.3) is 0 Å². The first-order valence-corrected chi connectivity index (χ1v) is 12.3. The van der Waals surface area contributed by atoms with E-state index >= 15 is 0 Å². The molecule has 29 heavy (non-hydrogen) atoms. The number of aryl methyl sites for hydroxylation is 4. The van der Waals surface area contributed by atoms with Gasteiger partial charge >= 0.3 is 0 Å². The van der Waals surface area contributed by atoms with Crippen molar-refractivity contribution >= 4 is 10.0 Å². The number of ether oxygens (including phenoxy) is 1. The maximum atomic E-state index is 13.3. The summed E-state index contributed by atoms with van der Waals surface area (Å²) < 4.78 is 35.1. The van der Waals surface area contributed by atoms with E-state index in [-0.39, 0.29) is 10.9 Å². The van der Waals surface area contributed by atoms with Crippen LogP contribution in [-0.2, 0) is 35.7 Å². The largest absolute Gasteiger partial charge is 0.495 e. The van der Waals surface area contributed by atoms with Crippen LogP contribution in [0.3, 0.4) is 0 Å². The average molecular weight is 414 g/mol. The number of hydrogen-bond acceptors (Lipinski definition) is 3. The molecule has 0 aliphatic heterocycles. The lowest BCUT2D eigenvalue weighted by molar-refractivity contribution is 0.400. The van der Waals surface area contributed by atoms with E-state index in [0.717, 1.165) is 49.7 Å². The third-order valence-electron chi connectivity index (χ3n) is 6.40. The van der Waals surface area contributed by atoms with E-state index < -0.39 is 10.0 Å². The van der Waals surface area contributed by atoms with Gasteiger partial charge in [-0.3, -0.25) is 0 Å². The fourth-order valence-corrected chi connectivity index (χ4v) is 6.23. The summed E-state index contributed by atoms with van der Waals surface area (Å²) in [5, 5.41) is 0. The number of sulfonamides is 1. The van der Waals surface area contributed by atoms with Crippen molar-refractivity contribution in [2.45, 2.75) is 75.6 Å². The van der Waals surface area contributed by atoms with E-state index in [2.05, 4.69) is 22.9 Å². The van der Waals surface area contributed by atoms with Gasteiger partial charge in [-0.25, -0.2) is 13.1 Å². The van der Waals surface area contributed by atoms with Gasteiger partial charge in [0.15, 0.2) is 0 Å². The number of rotatable bonds is 6. The Bertz CT molecular complexity index is 997. The molecule has 0 fully saturated rings. The van der Waals surface area contributed by atoms with E-state index in [1.807, 2.05) is 19.1 Å². The van der Waals surface area contributed by atoms with E-state index in [1.165, 1.54) is 29.5 Å². The van der Waals surface area contributed by atoms with Gasteiger partial charge in [0.05, 0.1) is 7.11 Å². The highest BCUT2D eigenvalue weighted by Crippen LogP contribution is 2.33. The molecule has 1 N–H and O–H groups in total. The van der Waals surface area contributed by atoms with Crippen LogP contribution >= 0.6 is 0 Å². The third kappa shape index (κ3) is 4.22. The summed E-state index contributed by atoms with van der Waals surface area (Å²) >= 11 is 0. The maximum absolute atomic E-state index is 13.3. The van der Waals surface area contributed by atoms with Crippen LogP contribution in [0.15, 0.2) is 35.2 Å². The number of hydrogen-bond donors (Lipinski definition) is 1. The van der Waals surface area contributed by atoms with Crippen molar-refractivity contribution in [3.63, 3.8) is 0 Å². The fraction of sp³-hybridized carbons (Fsp3) is 0.500. The first kappa shape index (κ1) is 20.4. The van der Waals surface area contributed by atoms with Gasteiger partial charge in [0.2, 0.25) is 10.0 Å². The summed E-state index contributed by atoms with van der Waals surface area (Å²) in [5.41, 5.74) is 6.19. The molecule has 4 rings (SSSR count). The van der Waals surface area contributed by atoms with E-state index in [9.17, 15) is 8.42 Å². The van der Waals surface area contributed by atoms with Crippen molar-refractivity contribution in [1.82, 2.24) is 4.72 Å². The molecular weight excluding hydrogens is 382 g/mol. The zero-order chi connectivity index (χ0) is 20.4. The van der Waals surface area contributed by atoms with Crippen LogP contribution in [0.1, 0.15) is 72.9 Å². The Morgan fingerprint density at radius 1 is 0.897 bits per heavy atom. The normalized spacial score (nSPS) is 17.3. The predicted octanol–water partition coefficient (Wildman–Crippen LogP) is 4.88. The SMILES string of the molecule is CC[C@H](NS(=O)(=O)c1cc2c(cc1OC)CCCC2)c1ccc2c(c1)CCCC2. The van der Waals surface area contributed by atoms with Crippen molar-refractivity contribution in [1.29, 1.82) is 0 Å². The van der Waals surface area contributed by atoms with E-state index in [4.69, 9.17) is 4.74 Å². The minimum Gasteiger partial charge on any atom is -0.495 e. The second-order valence-electron chi connectivity index (χ2n) is 8.30. The van der Waals surface area contributed by atoms with Gasteiger partial charge in [0.1, 0.15) is 10.6 Å².